The Labute approximate surface area is 116 Å². The quantitative estimate of drug-likeness (QED) is 0.677. The van der Waals surface area contributed by atoms with E-state index in [4.69, 9.17) is 4.74 Å². The molecule has 0 aliphatic heterocycles. The molecule has 0 atom stereocenters. The van der Waals surface area contributed by atoms with Crippen LogP contribution in [0.2, 0.25) is 0 Å². The smallest absolute Gasteiger partial charge is 0.118 e. The Morgan fingerprint density at radius 3 is 2.11 bits per heavy atom. The molecule has 1 aromatic carbocycles. The van der Waals surface area contributed by atoms with E-state index in [1.54, 1.807) is 7.11 Å². The summed E-state index contributed by atoms with van der Waals surface area (Å²) in [6.45, 7) is 6.72. The Morgan fingerprint density at radius 2 is 1.47 bits per heavy atom. The van der Waals surface area contributed by atoms with E-state index in [9.17, 15) is 0 Å². The standard InChI is InChI=1S/C18H22O/c1-13-11-15(3)17(12-14(13)2)8-5-16-6-9-18(19-4)10-7-16/h5-10H,11-12H2,1-4H3/b8-5+. The summed E-state index contributed by atoms with van der Waals surface area (Å²) in [6, 6.07) is 8.16. The third-order valence-electron chi connectivity index (χ3n) is 3.86. The van der Waals surface area contributed by atoms with Crippen LogP contribution in [-0.4, -0.2) is 7.11 Å². The van der Waals surface area contributed by atoms with Crippen LogP contribution in [0.5, 0.6) is 5.75 Å². The van der Waals surface area contributed by atoms with Crippen molar-refractivity contribution in [3.63, 3.8) is 0 Å². The summed E-state index contributed by atoms with van der Waals surface area (Å²) in [4.78, 5) is 0. The zero-order chi connectivity index (χ0) is 13.8. The summed E-state index contributed by atoms with van der Waals surface area (Å²) in [7, 11) is 1.69. The van der Waals surface area contributed by atoms with Crippen molar-refractivity contribution < 1.29 is 4.74 Å². The third kappa shape index (κ3) is 3.37. The molecule has 0 radical (unpaired) electrons. The van der Waals surface area contributed by atoms with Crippen molar-refractivity contribution in [2.75, 3.05) is 7.11 Å². The molecule has 1 nitrogen and oxygen atoms in total. The van der Waals surface area contributed by atoms with E-state index in [1.807, 2.05) is 12.1 Å². The topological polar surface area (TPSA) is 9.23 Å². The molecule has 0 spiro atoms. The minimum atomic E-state index is 0.902. The van der Waals surface area contributed by atoms with E-state index in [0.29, 0.717) is 0 Å². The zero-order valence-corrected chi connectivity index (χ0v) is 12.3. The molecule has 0 saturated heterocycles. The molecule has 0 bridgehead atoms. The van der Waals surface area contributed by atoms with Gasteiger partial charge in [-0.15, -0.1) is 0 Å². The molecule has 1 heteroatoms. The number of hydrogen-bond donors (Lipinski definition) is 0. The molecule has 0 heterocycles. The maximum Gasteiger partial charge on any atom is 0.118 e. The van der Waals surface area contributed by atoms with E-state index in [1.165, 1.54) is 27.9 Å². The molecule has 0 aromatic heterocycles. The molecule has 2 rings (SSSR count). The minimum absolute atomic E-state index is 0.902. The number of methoxy groups -OCH3 is 1. The Kier molecular flexibility index (Phi) is 4.26. The zero-order valence-electron chi connectivity index (χ0n) is 12.3. The van der Waals surface area contributed by atoms with Crippen molar-refractivity contribution in [2.45, 2.75) is 33.6 Å². The van der Waals surface area contributed by atoms with Crippen LogP contribution in [0.1, 0.15) is 39.2 Å². The van der Waals surface area contributed by atoms with E-state index in [-0.39, 0.29) is 0 Å². The van der Waals surface area contributed by atoms with Crippen LogP contribution in [0.15, 0.2) is 52.6 Å². The van der Waals surface area contributed by atoms with Gasteiger partial charge in [0.25, 0.3) is 0 Å². The van der Waals surface area contributed by atoms with Gasteiger partial charge in [-0.3, -0.25) is 0 Å². The highest BCUT2D eigenvalue weighted by atomic mass is 16.5. The average molecular weight is 254 g/mol. The molecule has 100 valence electrons. The molecule has 0 amide bonds. The molecular formula is C18H22O. The Bertz CT molecular complexity index is 542. The summed E-state index contributed by atoms with van der Waals surface area (Å²) in [6.07, 6.45) is 6.65. The molecular weight excluding hydrogens is 232 g/mol. The molecule has 0 saturated carbocycles. The molecule has 0 fully saturated rings. The van der Waals surface area contributed by atoms with Crippen molar-refractivity contribution in [3.8, 4) is 5.75 Å². The molecule has 1 aromatic rings. The second-order valence-corrected chi connectivity index (χ2v) is 5.33. The first-order valence-corrected chi connectivity index (χ1v) is 6.76. The van der Waals surface area contributed by atoms with E-state index < -0.39 is 0 Å². The van der Waals surface area contributed by atoms with Gasteiger partial charge in [-0.1, -0.05) is 41.0 Å². The number of hydrogen-bond acceptors (Lipinski definition) is 1. The lowest BCUT2D eigenvalue weighted by molar-refractivity contribution is 0.415. The number of benzene rings is 1. The maximum absolute atomic E-state index is 5.17. The van der Waals surface area contributed by atoms with Crippen molar-refractivity contribution >= 4 is 6.08 Å². The van der Waals surface area contributed by atoms with Crippen molar-refractivity contribution in [1.82, 2.24) is 0 Å². The largest absolute Gasteiger partial charge is 0.497 e. The number of rotatable bonds is 3. The van der Waals surface area contributed by atoms with Crippen LogP contribution in [0.25, 0.3) is 6.08 Å². The van der Waals surface area contributed by atoms with Gasteiger partial charge in [-0.25, -0.2) is 0 Å². The predicted molar refractivity (Wildman–Crippen MR) is 82.3 cm³/mol. The summed E-state index contributed by atoms with van der Waals surface area (Å²) in [5.41, 5.74) is 7.20. The maximum atomic E-state index is 5.17. The van der Waals surface area contributed by atoms with Gasteiger partial charge >= 0.3 is 0 Å². The molecule has 1 aliphatic rings. The van der Waals surface area contributed by atoms with E-state index in [0.717, 1.165) is 18.6 Å². The second kappa shape index (κ2) is 5.92. The summed E-state index contributed by atoms with van der Waals surface area (Å²) >= 11 is 0. The van der Waals surface area contributed by atoms with Gasteiger partial charge in [0.2, 0.25) is 0 Å². The molecule has 0 unspecified atom stereocenters. The highest BCUT2D eigenvalue weighted by Crippen LogP contribution is 2.30. The first-order valence-electron chi connectivity index (χ1n) is 6.76. The van der Waals surface area contributed by atoms with Gasteiger partial charge < -0.3 is 4.74 Å². The first-order chi connectivity index (χ1) is 9.10. The predicted octanol–water partition coefficient (Wildman–Crippen LogP) is 5.16. The monoisotopic (exact) mass is 254 g/mol. The molecule has 19 heavy (non-hydrogen) atoms. The number of allylic oxidation sites excluding steroid dienone is 5. The van der Waals surface area contributed by atoms with Crippen LogP contribution in [0.4, 0.5) is 0 Å². The first kappa shape index (κ1) is 13.7. The lowest BCUT2D eigenvalue weighted by Gasteiger charge is -2.18. The SMILES string of the molecule is COc1ccc(/C=C/C2=C(C)CC(C)=C(C)C2)cc1. The lowest BCUT2D eigenvalue weighted by Crippen LogP contribution is -1.98. The second-order valence-electron chi connectivity index (χ2n) is 5.33. The van der Waals surface area contributed by atoms with Crippen molar-refractivity contribution in [3.05, 3.63) is 58.2 Å². The van der Waals surface area contributed by atoms with Crippen molar-refractivity contribution in [2.24, 2.45) is 0 Å². The fraction of sp³-hybridized carbons (Fsp3) is 0.333. The third-order valence-corrected chi connectivity index (χ3v) is 3.86. The van der Waals surface area contributed by atoms with Gasteiger partial charge in [-0.2, -0.15) is 0 Å². The van der Waals surface area contributed by atoms with Gasteiger partial charge in [-0.05, 0) is 56.9 Å². The fourth-order valence-electron chi connectivity index (χ4n) is 2.36. The highest BCUT2D eigenvalue weighted by Gasteiger charge is 2.10. The van der Waals surface area contributed by atoms with Crippen LogP contribution < -0.4 is 4.74 Å². The summed E-state index contributed by atoms with van der Waals surface area (Å²) < 4.78 is 5.17. The van der Waals surface area contributed by atoms with E-state index >= 15 is 0 Å². The fourth-order valence-corrected chi connectivity index (χ4v) is 2.36. The van der Waals surface area contributed by atoms with Crippen LogP contribution >= 0.6 is 0 Å². The lowest BCUT2D eigenvalue weighted by atomic mass is 9.88. The van der Waals surface area contributed by atoms with Gasteiger partial charge in [0.15, 0.2) is 0 Å². The van der Waals surface area contributed by atoms with E-state index in [2.05, 4.69) is 45.1 Å². The minimum Gasteiger partial charge on any atom is -0.497 e. The van der Waals surface area contributed by atoms with Crippen LogP contribution in [0.3, 0.4) is 0 Å². The van der Waals surface area contributed by atoms with Gasteiger partial charge in [0.1, 0.15) is 5.75 Å². The Hall–Kier alpha value is -1.76. The van der Waals surface area contributed by atoms with Gasteiger partial charge in [0, 0.05) is 0 Å². The van der Waals surface area contributed by atoms with Crippen molar-refractivity contribution in [1.29, 1.82) is 0 Å². The molecule has 0 N–H and O–H groups in total. The van der Waals surface area contributed by atoms with Crippen LogP contribution in [0, 0.1) is 0 Å². The molecule has 1 aliphatic carbocycles. The Balaban J connectivity index is 2.12. The Morgan fingerprint density at radius 1 is 0.842 bits per heavy atom. The highest BCUT2D eigenvalue weighted by molar-refractivity contribution is 5.55. The summed E-state index contributed by atoms with van der Waals surface area (Å²) in [5, 5.41) is 0. The van der Waals surface area contributed by atoms with Gasteiger partial charge in [0.05, 0.1) is 7.11 Å². The number of ether oxygens (including phenoxy) is 1. The summed E-state index contributed by atoms with van der Waals surface area (Å²) in [5.74, 6) is 0.902. The normalized spacial score (nSPS) is 16.4. The average Bonchev–Trinajstić information content (AvgIpc) is 2.42. The van der Waals surface area contributed by atoms with Crippen LogP contribution in [-0.2, 0) is 0 Å².